The van der Waals surface area contributed by atoms with E-state index < -0.39 is 0 Å². The molecule has 0 aliphatic carbocycles. The van der Waals surface area contributed by atoms with Crippen LogP contribution in [0.25, 0.3) is 0 Å². The van der Waals surface area contributed by atoms with Crippen molar-refractivity contribution in [1.82, 2.24) is 4.90 Å². The fraction of sp³-hybridized carbons (Fsp3) is 0.562. The first-order valence-corrected chi connectivity index (χ1v) is 6.76. The number of nitriles is 1. The standard InChI is InChI=1S/C16H22N2/c1-16(2,3)14-8-6-13(7-9-14)15(12-17)18-10-4-5-11-18/h6-9,15H,4-5,10-11H2,1-3H3. The van der Waals surface area contributed by atoms with Crippen LogP contribution in [0.4, 0.5) is 0 Å². The summed E-state index contributed by atoms with van der Waals surface area (Å²) in [6.07, 6.45) is 2.44. The molecule has 96 valence electrons. The smallest absolute Gasteiger partial charge is 0.123 e. The lowest BCUT2D eigenvalue weighted by Crippen LogP contribution is -2.24. The molecule has 0 spiro atoms. The molecule has 1 aliphatic heterocycles. The zero-order valence-corrected chi connectivity index (χ0v) is 11.6. The van der Waals surface area contributed by atoms with Gasteiger partial charge >= 0.3 is 0 Å². The van der Waals surface area contributed by atoms with Crippen molar-refractivity contribution in [2.45, 2.75) is 45.1 Å². The summed E-state index contributed by atoms with van der Waals surface area (Å²) in [4.78, 5) is 2.28. The molecule has 0 radical (unpaired) electrons. The second-order valence-corrected chi connectivity index (χ2v) is 6.15. The molecule has 0 saturated carbocycles. The molecule has 2 rings (SSSR count). The van der Waals surface area contributed by atoms with Crippen molar-refractivity contribution in [1.29, 1.82) is 5.26 Å². The van der Waals surface area contributed by atoms with Crippen molar-refractivity contribution in [3.8, 4) is 6.07 Å². The summed E-state index contributed by atoms with van der Waals surface area (Å²) in [6, 6.07) is 10.9. The van der Waals surface area contributed by atoms with Gasteiger partial charge in [-0.2, -0.15) is 5.26 Å². The molecule has 18 heavy (non-hydrogen) atoms. The lowest BCUT2D eigenvalue weighted by atomic mass is 9.86. The van der Waals surface area contributed by atoms with Gasteiger partial charge < -0.3 is 0 Å². The van der Waals surface area contributed by atoms with Crippen LogP contribution in [0.2, 0.25) is 0 Å². The molecule has 0 N–H and O–H groups in total. The molecule has 1 aromatic rings. The molecule has 2 heteroatoms. The van der Waals surface area contributed by atoms with Gasteiger partial charge in [0.2, 0.25) is 0 Å². The van der Waals surface area contributed by atoms with Crippen LogP contribution in [0.5, 0.6) is 0 Å². The van der Waals surface area contributed by atoms with Gasteiger partial charge in [-0.1, -0.05) is 45.0 Å². The van der Waals surface area contributed by atoms with E-state index in [9.17, 15) is 5.26 Å². The number of nitrogens with zero attached hydrogens (tertiary/aromatic N) is 2. The average Bonchev–Trinajstić information content (AvgIpc) is 2.83. The predicted molar refractivity (Wildman–Crippen MR) is 74.3 cm³/mol. The van der Waals surface area contributed by atoms with Crippen LogP contribution < -0.4 is 0 Å². The molecule has 1 fully saturated rings. The minimum Gasteiger partial charge on any atom is -0.284 e. The fourth-order valence-corrected chi connectivity index (χ4v) is 2.53. The number of hydrogen-bond donors (Lipinski definition) is 0. The molecule has 1 unspecified atom stereocenters. The summed E-state index contributed by atoms with van der Waals surface area (Å²) in [5.41, 5.74) is 2.63. The maximum absolute atomic E-state index is 9.38. The number of likely N-dealkylation sites (tertiary alicyclic amines) is 1. The van der Waals surface area contributed by atoms with Crippen LogP contribution >= 0.6 is 0 Å². The minimum atomic E-state index is -0.0680. The minimum absolute atomic E-state index is 0.0680. The SMILES string of the molecule is CC(C)(C)c1ccc(C(C#N)N2CCCC2)cc1. The molecular weight excluding hydrogens is 220 g/mol. The van der Waals surface area contributed by atoms with E-state index in [-0.39, 0.29) is 11.5 Å². The van der Waals surface area contributed by atoms with Crippen LogP contribution in [-0.2, 0) is 5.41 Å². The number of hydrogen-bond acceptors (Lipinski definition) is 2. The molecule has 2 nitrogen and oxygen atoms in total. The highest BCUT2D eigenvalue weighted by Gasteiger charge is 2.23. The highest BCUT2D eigenvalue weighted by molar-refractivity contribution is 5.31. The third-order valence-electron chi connectivity index (χ3n) is 3.72. The van der Waals surface area contributed by atoms with Gasteiger partial charge in [0.1, 0.15) is 6.04 Å². The zero-order valence-electron chi connectivity index (χ0n) is 11.6. The Morgan fingerprint density at radius 3 is 2.11 bits per heavy atom. The predicted octanol–water partition coefficient (Wildman–Crippen LogP) is 3.64. The summed E-state index contributed by atoms with van der Waals surface area (Å²) < 4.78 is 0. The van der Waals surface area contributed by atoms with E-state index in [1.807, 2.05) is 0 Å². The van der Waals surface area contributed by atoms with Crippen molar-refractivity contribution in [2.24, 2.45) is 0 Å². The van der Waals surface area contributed by atoms with Gasteiger partial charge in [-0.3, -0.25) is 4.90 Å². The molecule has 1 heterocycles. The zero-order chi connectivity index (χ0) is 13.2. The van der Waals surface area contributed by atoms with Gasteiger partial charge in [-0.15, -0.1) is 0 Å². The molecule has 1 aromatic carbocycles. The molecule has 0 aromatic heterocycles. The van der Waals surface area contributed by atoms with Crippen molar-refractivity contribution in [3.63, 3.8) is 0 Å². The Morgan fingerprint density at radius 1 is 1.11 bits per heavy atom. The van der Waals surface area contributed by atoms with Crippen molar-refractivity contribution in [2.75, 3.05) is 13.1 Å². The highest BCUT2D eigenvalue weighted by Crippen LogP contribution is 2.27. The van der Waals surface area contributed by atoms with E-state index in [2.05, 4.69) is 56.0 Å². The Balaban J connectivity index is 2.20. The monoisotopic (exact) mass is 242 g/mol. The highest BCUT2D eigenvalue weighted by atomic mass is 15.2. The third-order valence-corrected chi connectivity index (χ3v) is 3.72. The largest absolute Gasteiger partial charge is 0.284 e. The molecule has 1 atom stereocenters. The van der Waals surface area contributed by atoms with Crippen LogP contribution in [0, 0.1) is 11.3 Å². The van der Waals surface area contributed by atoms with E-state index in [0.29, 0.717) is 0 Å². The quantitative estimate of drug-likeness (QED) is 0.791. The van der Waals surface area contributed by atoms with Gasteiger partial charge in [-0.05, 0) is 42.5 Å². The summed E-state index contributed by atoms with van der Waals surface area (Å²) in [5.74, 6) is 0. The van der Waals surface area contributed by atoms with E-state index >= 15 is 0 Å². The molecule has 0 bridgehead atoms. The van der Waals surface area contributed by atoms with Crippen LogP contribution in [0.3, 0.4) is 0 Å². The van der Waals surface area contributed by atoms with Crippen LogP contribution in [-0.4, -0.2) is 18.0 Å². The van der Waals surface area contributed by atoms with Crippen molar-refractivity contribution < 1.29 is 0 Å². The Bertz CT molecular complexity index is 428. The Hall–Kier alpha value is -1.33. The van der Waals surface area contributed by atoms with Gasteiger partial charge in [0.15, 0.2) is 0 Å². The Kier molecular flexibility index (Phi) is 3.73. The van der Waals surface area contributed by atoms with Gasteiger partial charge in [-0.25, -0.2) is 0 Å². The molecule has 1 aliphatic rings. The van der Waals surface area contributed by atoms with Gasteiger partial charge in [0.25, 0.3) is 0 Å². The first-order valence-electron chi connectivity index (χ1n) is 6.76. The second-order valence-electron chi connectivity index (χ2n) is 6.15. The summed E-state index contributed by atoms with van der Waals surface area (Å²) in [6.45, 7) is 8.75. The maximum Gasteiger partial charge on any atom is 0.123 e. The Labute approximate surface area is 110 Å². The maximum atomic E-state index is 9.38. The van der Waals surface area contributed by atoms with Crippen molar-refractivity contribution in [3.05, 3.63) is 35.4 Å². The first kappa shape index (κ1) is 13.1. The van der Waals surface area contributed by atoms with E-state index in [1.54, 1.807) is 0 Å². The van der Waals surface area contributed by atoms with Crippen LogP contribution in [0.1, 0.15) is 50.8 Å². The fourth-order valence-electron chi connectivity index (χ4n) is 2.53. The summed E-state index contributed by atoms with van der Waals surface area (Å²) in [7, 11) is 0. The van der Waals surface area contributed by atoms with E-state index in [4.69, 9.17) is 0 Å². The van der Waals surface area contributed by atoms with E-state index in [1.165, 1.54) is 18.4 Å². The number of rotatable bonds is 2. The average molecular weight is 242 g/mol. The second kappa shape index (κ2) is 5.12. The molecule has 1 saturated heterocycles. The van der Waals surface area contributed by atoms with Crippen molar-refractivity contribution >= 4 is 0 Å². The first-order chi connectivity index (χ1) is 8.52. The lowest BCUT2D eigenvalue weighted by Gasteiger charge is -2.23. The van der Waals surface area contributed by atoms with Crippen LogP contribution in [0.15, 0.2) is 24.3 Å². The summed E-state index contributed by atoms with van der Waals surface area (Å²) >= 11 is 0. The van der Waals surface area contributed by atoms with Gasteiger partial charge in [0.05, 0.1) is 6.07 Å². The normalized spacial score (nSPS) is 18.6. The Morgan fingerprint density at radius 2 is 1.67 bits per heavy atom. The lowest BCUT2D eigenvalue weighted by molar-refractivity contribution is 0.294. The molecule has 0 amide bonds. The topological polar surface area (TPSA) is 27.0 Å². The summed E-state index contributed by atoms with van der Waals surface area (Å²) in [5, 5.41) is 9.38. The number of benzene rings is 1. The van der Waals surface area contributed by atoms with E-state index in [0.717, 1.165) is 18.7 Å². The third kappa shape index (κ3) is 2.73. The molecular formula is C16H22N2. The van der Waals surface area contributed by atoms with Gasteiger partial charge in [0, 0.05) is 0 Å².